The van der Waals surface area contributed by atoms with Crippen LogP contribution in [0.5, 0.6) is 5.75 Å². The average molecular weight is 469 g/mol. The van der Waals surface area contributed by atoms with Crippen LogP contribution in [-0.4, -0.2) is 49.7 Å². The molecular formula is C24H28N4O4S. The number of nitriles is 1. The lowest BCUT2D eigenvalue weighted by atomic mass is 10.0. The van der Waals surface area contributed by atoms with Crippen molar-refractivity contribution in [1.29, 1.82) is 5.26 Å². The van der Waals surface area contributed by atoms with E-state index in [9.17, 15) is 14.9 Å². The number of anilines is 1. The molecule has 2 N–H and O–H groups in total. The summed E-state index contributed by atoms with van der Waals surface area (Å²) in [6.45, 7) is 2.25. The van der Waals surface area contributed by atoms with E-state index in [1.807, 2.05) is 24.3 Å². The van der Waals surface area contributed by atoms with Crippen LogP contribution in [0.2, 0.25) is 0 Å². The number of nitrogens with zero attached hydrogens (tertiary/aromatic N) is 2. The fourth-order valence-corrected chi connectivity index (χ4v) is 5.48. The zero-order valence-corrected chi connectivity index (χ0v) is 19.5. The van der Waals surface area contributed by atoms with Gasteiger partial charge in [-0.15, -0.1) is 11.3 Å². The molecule has 2 aliphatic rings. The van der Waals surface area contributed by atoms with Gasteiger partial charge in [-0.2, -0.15) is 5.26 Å². The molecule has 1 fully saturated rings. The number of hydrogen-bond donors (Lipinski definition) is 2. The minimum atomic E-state index is -0.151. The van der Waals surface area contributed by atoms with E-state index in [0.29, 0.717) is 43.0 Å². The van der Waals surface area contributed by atoms with Crippen molar-refractivity contribution < 1.29 is 19.1 Å². The number of carbonyl (C=O) groups excluding carboxylic acids is 2. The molecule has 0 saturated carbocycles. The second kappa shape index (κ2) is 10.7. The van der Waals surface area contributed by atoms with Crippen molar-refractivity contribution >= 4 is 28.3 Å². The van der Waals surface area contributed by atoms with Crippen molar-refractivity contribution in [2.24, 2.45) is 0 Å². The van der Waals surface area contributed by atoms with Crippen molar-refractivity contribution in [3.8, 4) is 11.8 Å². The molecule has 1 unspecified atom stereocenters. The van der Waals surface area contributed by atoms with E-state index in [-0.39, 0.29) is 24.5 Å². The summed E-state index contributed by atoms with van der Waals surface area (Å²) in [6.07, 6.45) is 3.53. The van der Waals surface area contributed by atoms with Gasteiger partial charge >= 0.3 is 6.03 Å². The summed E-state index contributed by atoms with van der Waals surface area (Å²) < 4.78 is 10.9. The molecule has 0 bridgehead atoms. The number of amides is 3. The molecule has 1 saturated heterocycles. The van der Waals surface area contributed by atoms with Crippen molar-refractivity contribution in [3.63, 3.8) is 0 Å². The van der Waals surface area contributed by atoms with Crippen LogP contribution in [0.25, 0.3) is 0 Å². The number of para-hydroxylation sites is 1. The lowest BCUT2D eigenvalue weighted by molar-refractivity contribution is -0.116. The molecule has 0 aliphatic carbocycles. The Morgan fingerprint density at radius 3 is 2.97 bits per heavy atom. The highest BCUT2D eigenvalue weighted by Crippen LogP contribution is 2.36. The molecule has 174 valence electrons. The first kappa shape index (κ1) is 23.1. The highest BCUT2D eigenvalue weighted by molar-refractivity contribution is 7.16. The van der Waals surface area contributed by atoms with Gasteiger partial charge in [0.15, 0.2) is 0 Å². The minimum absolute atomic E-state index is 0.0962. The molecule has 1 aromatic heterocycles. The molecule has 9 heteroatoms. The van der Waals surface area contributed by atoms with Crippen molar-refractivity contribution in [3.05, 3.63) is 45.8 Å². The van der Waals surface area contributed by atoms with Crippen LogP contribution in [0.15, 0.2) is 24.3 Å². The summed E-state index contributed by atoms with van der Waals surface area (Å²) in [7, 11) is 1.61. The third-order valence-corrected chi connectivity index (χ3v) is 7.16. The first-order valence-corrected chi connectivity index (χ1v) is 12.0. The average Bonchev–Trinajstić information content (AvgIpc) is 3.48. The maximum atomic E-state index is 12.6. The Labute approximate surface area is 197 Å². The van der Waals surface area contributed by atoms with Crippen LogP contribution in [0, 0.1) is 11.3 Å². The number of urea groups is 1. The normalized spacial score (nSPS) is 17.2. The summed E-state index contributed by atoms with van der Waals surface area (Å²) >= 11 is 1.38. The second-order valence-electron chi connectivity index (χ2n) is 8.17. The first-order valence-electron chi connectivity index (χ1n) is 11.2. The molecule has 0 spiro atoms. The molecule has 1 atom stereocenters. The Morgan fingerprint density at radius 2 is 2.21 bits per heavy atom. The van der Waals surface area contributed by atoms with Crippen LogP contribution in [0.1, 0.15) is 40.8 Å². The lowest BCUT2D eigenvalue weighted by Gasteiger charge is -2.27. The second-order valence-corrected chi connectivity index (χ2v) is 9.28. The van der Waals surface area contributed by atoms with Crippen molar-refractivity contribution in [2.75, 3.05) is 32.1 Å². The summed E-state index contributed by atoms with van der Waals surface area (Å²) in [5.41, 5.74) is 2.41. The Bertz CT molecular complexity index is 1060. The van der Waals surface area contributed by atoms with Gasteiger partial charge < -0.3 is 25.0 Å². The van der Waals surface area contributed by atoms with Gasteiger partial charge in [0.25, 0.3) is 0 Å². The Hall–Kier alpha value is -3.09. The van der Waals surface area contributed by atoms with E-state index >= 15 is 0 Å². The highest BCUT2D eigenvalue weighted by atomic mass is 32.1. The number of nitrogens with one attached hydrogen (secondary N) is 2. The SMILES string of the molecule is COc1ccccc1CCC(=O)Nc1sc2c(c1C#N)CCN(C(=O)NCC1CCCO1)C2. The van der Waals surface area contributed by atoms with E-state index in [1.54, 1.807) is 12.0 Å². The Morgan fingerprint density at radius 1 is 1.36 bits per heavy atom. The zero-order chi connectivity index (χ0) is 23.2. The number of benzene rings is 1. The number of aryl methyl sites for hydroxylation is 1. The van der Waals surface area contributed by atoms with E-state index in [4.69, 9.17) is 9.47 Å². The Kier molecular flexibility index (Phi) is 7.47. The van der Waals surface area contributed by atoms with Crippen LogP contribution in [0.3, 0.4) is 0 Å². The fourth-order valence-electron chi connectivity index (χ4n) is 4.25. The van der Waals surface area contributed by atoms with Crippen LogP contribution in [-0.2, 0) is 28.9 Å². The van der Waals surface area contributed by atoms with Crippen LogP contribution < -0.4 is 15.4 Å². The number of ether oxygens (including phenoxy) is 2. The van der Waals surface area contributed by atoms with Gasteiger partial charge in [-0.1, -0.05) is 18.2 Å². The predicted molar refractivity (Wildman–Crippen MR) is 125 cm³/mol. The number of thiophene rings is 1. The van der Waals surface area contributed by atoms with Crippen molar-refractivity contribution in [2.45, 2.75) is 44.8 Å². The molecular weight excluding hydrogens is 440 g/mol. The van der Waals surface area contributed by atoms with Gasteiger partial charge in [-0.25, -0.2) is 4.79 Å². The van der Waals surface area contributed by atoms with Crippen LogP contribution >= 0.6 is 11.3 Å². The maximum Gasteiger partial charge on any atom is 0.317 e. The maximum absolute atomic E-state index is 12.6. The van der Waals surface area contributed by atoms with Gasteiger partial charge in [-0.3, -0.25) is 4.79 Å². The molecule has 4 rings (SSSR count). The number of fused-ring (bicyclic) bond motifs is 1. The summed E-state index contributed by atoms with van der Waals surface area (Å²) in [4.78, 5) is 27.9. The zero-order valence-electron chi connectivity index (χ0n) is 18.7. The molecule has 3 amide bonds. The molecule has 1 aromatic carbocycles. The van der Waals surface area contributed by atoms with Gasteiger partial charge in [0.2, 0.25) is 5.91 Å². The van der Waals surface area contributed by atoms with E-state index in [2.05, 4.69) is 16.7 Å². The number of rotatable bonds is 7. The van der Waals surface area contributed by atoms with Gasteiger partial charge in [-0.05, 0) is 42.9 Å². The number of methoxy groups -OCH3 is 1. The molecule has 3 heterocycles. The largest absolute Gasteiger partial charge is 0.496 e. The van der Waals surface area contributed by atoms with E-state index in [1.165, 1.54) is 11.3 Å². The van der Waals surface area contributed by atoms with Gasteiger partial charge in [0, 0.05) is 31.0 Å². The quantitative estimate of drug-likeness (QED) is 0.648. The summed E-state index contributed by atoms with van der Waals surface area (Å²) in [5.74, 6) is 0.606. The van der Waals surface area contributed by atoms with E-state index in [0.717, 1.165) is 41.2 Å². The third-order valence-electron chi connectivity index (χ3n) is 6.03. The number of hydrogen-bond acceptors (Lipinski definition) is 6. The monoisotopic (exact) mass is 468 g/mol. The Balaban J connectivity index is 1.36. The summed E-state index contributed by atoms with van der Waals surface area (Å²) in [5, 5.41) is 16.1. The number of carbonyl (C=O) groups is 2. The topological polar surface area (TPSA) is 104 Å². The van der Waals surface area contributed by atoms with Gasteiger partial charge in [0.05, 0.1) is 25.3 Å². The lowest BCUT2D eigenvalue weighted by Crippen LogP contribution is -2.44. The molecule has 2 aliphatic heterocycles. The fraction of sp³-hybridized carbons (Fsp3) is 0.458. The first-order chi connectivity index (χ1) is 16.1. The van der Waals surface area contributed by atoms with Gasteiger partial charge in [0.1, 0.15) is 16.8 Å². The highest BCUT2D eigenvalue weighted by Gasteiger charge is 2.28. The third kappa shape index (κ3) is 5.46. The molecule has 0 radical (unpaired) electrons. The molecule has 33 heavy (non-hydrogen) atoms. The van der Waals surface area contributed by atoms with Crippen molar-refractivity contribution in [1.82, 2.24) is 10.2 Å². The van der Waals surface area contributed by atoms with Crippen LogP contribution in [0.4, 0.5) is 9.80 Å². The summed E-state index contributed by atoms with van der Waals surface area (Å²) in [6, 6.07) is 9.75. The smallest absolute Gasteiger partial charge is 0.317 e. The standard InChI is InChI=1S/C24H28N4O4S/c1-31-20-7-3-2-5-16(20)8-9-22(29)27-23-19(13-25)18-10-11-28(15-21(18)33-23)24(30)26-14-17-6-4-12-32-17/h2-3,5,7,17H,4,6,8-12,14-15H2,1H3,(H,26,30)(H,27,29). The van der Waals surface area contributed by atoms with E-state index < -0.39 is 0 Å². The predicted octanol–water partition coefficient (Wildman–Crippen LogP) is 3.45. The molecule has 8 nitrogen and oxygen atoms in total. The minimum Gasteiger partial charge on any atom is -0.496 e. The molecule has 2 aromatic rings.